The minimum Gasteiger partial charge on any atom is -0.495 e. The molecule has 0 radical (unpaired) electrons. The zero-order chi connectivity index (χ0) is 24.8. The minimum absolute atomic E-state index is 0.0720. The summed E-state index contributed by atoms with van der Waals surface area (Å²) < 4.78 is 25.9. The third kappa shape index (κ3) is 5.85. The number of ether oxygens (including phenoxy) is 4. The molecule has 2 heterocycles. The van der Waals surface area contributed by atoms with Gasteiger partial charge in [0, 0.05) is 49.9 Å². The lowest BCUT2D eigenvalue weighted by molar-refractivity contribution is -0.189. The van der Waals surface area contributed by atoms with Crippen LogP contribution in [0.5, 0.6) is 11.5 Å². The molecule has 35 heavy (non-hydrogen) atoms. The zero-order valence-corrected chi connectivity index (χ0v) is 20.6. The number of aromatic nitrogens is 2. The normalized spacial score (nSPS) is 19.7. The van der Waals surface area contributed by atoms with Gasteiger partial charge in [-0.1, -0.05) is 23.7 Å². The molecule has 4 rings (SSSR count). The maximum Gasteiger partial charge on any atom is 0.215 e. The number of carbonyl (C=O) groups excluding carboxylic acids is 1. The number of hydrogen-bond acceptors (Lipinski definition) is 7. The SMILES string of the molecule is COc1cccc(C2(Cn3ccnc3)OCC(COc3ccc(C(=O)C=CN(C)C)cc3)O2)c1Cl. The lowest BCUT2D eigenvalue weighted by Crippen LogP contribution is -2.34. The van der Waals surface area contributed by atoms with E-state index in [1.54, 1.807) is 56.2 Å². The van der Waals surface area contributed by atoms with E-state index in [0.29, 0.717) is 40.8 Å². The number of allylic oxidation sites excluding steroid dienone is 1. The highest BCUT2D eigenvalue weighted by Gasteiger charge is 2.45. The molecule has 1 aliphatic heterocycles. The lowest BCUT2D eigenvalue weighted by Gasteiger charge is -2.30. The number of imidazole rings is 1. The third-order valence-electron chi connectivity index (χ3n) is 5.50. The number of rotatable bonds is 10. The van der Waals surface area contributed by atoms with Gasteiger partial charge >= 0.3 is 0 Å². The Hall–Kier alpha value is -3.33. The van der Waals surface area contributed by atoms with Crippen molar-refractivity contribution in [1.29, 1.82) is 0 Å². The van der Waals surface area contributed by atoms with Crippen LogP contribution in [0.2, 0.25) is 5.02 Å². The van der Waals surface area contributed by atoms with Crippen LogP contribution in [0.15, 0.2) is 73.5 Å². The number of benzene rings is 2. The van der Waals surface area contributed by atoms with Crippen molar-refractivity contribution in [2.75, 3.05) is 34.4 Å². The molecule has 0 N–H and O–H groups in total. The Morgan fingerprint density at radius 3 is 2.77 bits per heavy atom. The Kier molecular flexibility index (Phi) is 7.75. The Labute approximate surface area is 209 Å². The molecule has 2 unspecified atom stereocenters. The van der Waals surface area contributed by atoms with E-state index in [-0.39, 0.29) is 18.5 Å². The Morgan fingerprint density at radius 2 is 2.09 bits per heavy atom. The fourth-order valence-electron chi connectivity index (χ4n) is 3.76. The molecule has 9 heteroatoms. The predicted octanol–water partition coefficient (Wildman–Crippen LogP) is 4.15. The number of methoxy groups -OCH3 is 1. The van der Waals surface area contributed by atoms with Gasteiger partial charge in [-0.3, -0.25) is 4.79 Å². The van der Waals surface area contributed by atoms with Gasteiger partial charge in [0.2, 0.25) is 5.79 Å². The highest BCUT2D eigenvalue weighted by molar-refractivity contribution is 6.32. The summed E-state index contributed by atoms with van der Waals surface area (Å²) in [6.45, 7) is 0.933. The molecule has 2 aromatic carbocycles. The fraction of sp³-hybridized carbons (Fsp3) is 0.308. The summed E-state index contributed by atoms with van der Waals surface area (Å²) in [7, 11) is 5.29. The molecule has 8 nitrogen and oxygen atoms in total. The molecule has 3 aromatic rings. The monoisotopic (exact) mass is 497 g/mol. The smallest absolute Gasteiger partial charge is 0.215 e. The highest BCUT2D eigenvalue weighted by atomic mass is 35.5. The van der Waals surface area contributed by atoms with Gasteiger partial charge in [0.25, 0.3) is 0 Å². The highest BCUT2D eigenvalue weighted by Crippen LogP contribution is 2.42. The third-order valence-corrected chi connectivity index (χ3v) is 5.89. The summed E-state index contributed by atoms with van der Waals surface area (Å²) >= 11 is 6.64. The molecule has 0 spiro atoms. The van der Waals surface area contributed by atoms with Crippen LogP contribution in [0.1, 0.15) is 15.9 Å². The quantitative estimate of drug-likeness (QED) is 0.307. The molecule has 0 amide bonds. The maximum atomic E-state index is 12.2. The molecule has 1 fully saturated rings. The van der Waals surface area contributed by atoms with Crippen LogP contribution in [0, 0.1) is 0 Å². The first-order valence-electron chi connectivity index (χ1n) is 11.1. The standard InChI is InChI=1S/C26H28ClN3O5/c1-29(2)13-11-23(31)19-7-9-20(10-8-19)33-15-21-16-34-26(35-21,17-30-14-12-28-18-30)22-5-4-6-24(32-3)25(22)27/h4-14,18,21H,15-17H2,1-3H3. The van der Waals surface area contributed by atoms with Gasteiger partial charge in [0.15, 0.2) is 5.78 Å². The van der Waals surface area contributed by atoms with Gasteiger partial charge in [-0.25, -0.2) is 4.98 Å². The van der Waals surface area contributed by atoms with Gasteiger partial charge < -0.3 is 28.4 Å². The molecular weight excluding hydrogens is 470 g/mol. The second kappa shape index (κ2) is 10.9. The molecule has 1 saturated heterocycles. The summed E-state index contributed by atoms with van der Waals surface area (Å²) in [6.07, 6.45) is 8.13. The van der Waals surface area contributed by atoms with Crippen LogP contribution >= 0.6 is 11.6 Å². The van der Waals surface area contributed by atoms with E-state index in [0.717, 1.165) is 0 Å². The topological polar surface area (TPSA) is 75.1 Å². The van der Waals surface area contributed by atoms with Crippen LogP contribution in [0.25, 0.3) is 0 Å². The minimum atomic E-state index is -1.13. The Balaban J connectivity index is 1.46. The van der Waals surface area contributed by atoms with E-state index in [1.165, 1.54) is 6.08 Å². The summed E-state index contributed by atoms with van der Waals surface area (Å²) in [5.41, 5.74) is 1.26. The molecule has 184 valence electrons. The van der Waals surface area contributed by atoms with Gasteiger partial charge in [-0.15, -0.1) is 0 Å². The molecular formula is C26H28ClN3O5. The lowest BCUT2D eigenvalue weighted by atomic mass is 10.0. The van der Waals surface area contributed by atoms with E-state index in [1.807, 2.05) is 41.9 Å². The predicted molar refractivity (Wildman–Crippen MR) is 132 cm³/mol. The number of halogens is 1. The first-order chi connectivity index (χ1) is 16.9. The van der Waals surface area contributed by atoms with Gasteiger partial charge in [-0.05, 0) is 30.3 Å². The molecule has 1 aliphatic rings. The van der Waals surface area contributed by atoms with Crippen molar-refractivity contribution in [2.45, 2.75) is 18.4 Å². The molecule has 1 aromatic heterocycles. The van der Waals surface area contributed by atoms with E-state index in [4.69, 9.17) is 30.5 Å². The fourth-order valence-corrected chi connectivity index (χ4v) is 4.10. The molecule has 0 saturated carbocycles. The number of nitrogens with zero attached hydrogens (tertiary/aromatic N) is 3. The summed E-state index contributed by atoms with van der Waals surface area (Å²) in [5.74, 6) is -0.0308. The van der Waals surface area contributed by atoms with Crippen molar-refractivity contribution in [1.82, 2.24) is 14.5 Å². The zero-order valence-electron chi connectivity index (χ0n) is 19.9. The molecule has 0 bridgehead atoms. The van der Waals surface area contributed by atoms with Gasteiger partial charge in [-0.2, -0.15) is 0 Å². The van der Waals surface area contributed by atoms with Gasteiger partial charge in [0.05, 0.1) is 31.6 Å². The Bertz CT molecular complexity index is 1160. The van der Waals surface area contributed by atoms with E-state index in [2.05, 4.69) is 4.98 Å². The van der Waals surface area contributed by atoms with E-state index < -0.39 is 5.79 Å². The van der Waals surface area contributed by atoms with Crippen molar-refractivity contribution >= 4 is 17.4 Å². The first-order valence-corrected chi connectivity index (χ1v) is 11.5. The number of ketones is 1. The average Bonchev–Trinajstić information content (AvgIpc) is 3.52. The second-order valence-electron chi connectivity index (χ2n) is 8.34. The van der Waals surface area contributed by atoms with Crippen LogP contribution in [0.4, 0.5) is 0 Å². The van der Waals surface area contributed by atoms with Crippen LogP contribution < -0.4 is 9.47 Å². The number of hydrogen-bond donors (Lipinski definition) is 0. The van der Waals surface area contributed by atoms with Crippen molar-refractivity contribution < 1.29 is 23.7 Å². The van der Waals surface area contributed by atoms with Crippen molar-refractivity contribution in [2.24, 2.45) is 0 Å². The van der Waals surface area contributed by atoms with Crippen molar-refractivity contribution in [3.63, 3.8) is 0 Å². The van der Waals surface area contributed by atoms with Crippen LogP contribution in [0.3, 0.4) is 0 Å². The molecule has 2 atom stereocenters. The number of carbonyl (C=O) groups is 1. The van der Waals surface area contributed by atoms with Crippen molar-refractivity contribution in [3.05, 3.63) is 89.6 Å². The van der Waals surface area contributed by atoms with Crippen LogP contribution in [-0.2, 0) is 21.8 Å². The van der Waals surface area contributed by atoms with Crippen molar-refractivity contribution in [3.8, 4) is 11.5 Å². The summed E-state index contributed by atoms with van der Waals surface area (Å²) in [6, 6.07) is 12.5. The Morgan fingerprint density at radius 1 is 1.29 bits per heavy atom. The second-order valence-corrected chi connectivity index (χ2v) is 8.72. The van der Waals surface area contributed by atoms with E-state index >= 15 is 0 Å². The summed E-state index contributed by atoms with van der Waals surface area (Å²) in [5, 5.41) is 0.431. The van der Waals surface area contributed by atoms with Gasteiger partial charge in [0.1, 0.15) is 24.2 Å². The maximum absolute atomic E-state index is 12.2. The summed E-state index contributed by atoms with van der Waals surface area (Å²) in [4.78, 5) is 18.1. The molecule has 0 aliphatic carbocycles. The largest absolute Gasteiger partial charge is 0.495 e. The average molecular weight is 498 g/mol. The van der Waals surface area contributed by atoms with Crippen LogP contribution in [-0.4, -0.2) is 60.8 Å². The first kappa shape index (κ1) is 24.8. The van der Waals surface area contributed by atoms with E-state index in [9.17, 15) is 4.79 Å².